The molecule has 2 nitrogen and oxygen atoms in total. The van der Waals surface area contributed by atoms with Gasteiger partial charge in [-0.2, -0.15) is 0 Å². The van der Waals surface area contributed by atoms with Crippen LogP contribution in [0.15, 0.2) is 0 Å². The standard InChI is InChI=1S/C11H20N2/c1-3-11(2)12-7-10-13-8-5-4-6-9-13/h1,11-12H,4-10H2,2H3. The number of nitrogens with one attached hydrogen (secondary N) is 1. The average Bonchev–Trinajstić information content (AvgIpc) is 2.19. The Bertz CT molecular complexity index is 165. The van der Waals surface area contributed by atoms with Crippen LogP contribution in [-0.4, -0.2) is 37.1 Å². The van der Waals surface area contributed by atoms with Crippen molar-refractivity contribution < 1.29 is 0 Å². The molecule has 1 saturated heterocycles. The molecular formula is C11H20N2. The Kier molecular flexibility index (Phi) is 4.88. The smallest absolute Gasteiger partial charge is 0.0658 e. The number of hydrogen-bond acceptors (Lipinski definition) is 2. The van der Waals surface area contributed by atoms with E-state index in [9.17, 15) is 0 Å². The fourth-order valence-electron chi connectivity index (χ4n) is 1.68. The van der Waals surface area contributed by atoms with Gasteiger partial charge in [-0.1, -0.05) is 12.3 Å². The SMILES string of the molecule is C#CC(C)NCCN1CCCCC1. The summed E-state index contributed by atoms with van der Waals surface area (Å²) in [6, 6.07) is 0.213. The normalized spacial score (nSPS) is 20.9. The highest BCUT2D eigenvalue weighted by atomic mass is 15.1. The molecule has 1 rings (SSSR count). The summed E-state index contributed by atoms with van der Waals surface area (Å²) in [5.74, 6) is 2.67. The van der Waals surface area contributed by atoms with Gasteiger partial charge in [0.2, 0.25) is 0 Å². The predicted octanol–water partition coefficient (Wildman–Crippen LogP) is 1.08. The molecule has 0 aromatic heterocycles. The van der Waals surface area contributed by atoms with E-state index in [1.54, 1.807) is 0 Å². The molecule has 0 aliphatic carbocycles. The van der Waals surface area contributed by atoms with Crippen molar-refractivity contribution in [3.63, 3.8) is 0 Å². The van der Waals surface area contributed by atoms with Crippen molar-refractivity contribution in [3.05, 3.63) is 0 Å². The van der Waals surface area contributed by atoms with Crippen LogP contribution in [0.5, 0.6) is 0 Å². The fourth-order valence-corrected chi connectivity index (χ4v) is 1.68. The van der Waals surface area contributed by atoms with E-state index in [0.717, 1.165) is 13.1 Å². The second kappa shape index (κ2) is 6.01. The van der Waals surface area contributed by atoms with Crippen LogP contribution in [-0.2, 0) is 0 Å². The van der Waals surface area contributed by atoms with Gasteiger partial charge in [-0.05, 0) is 32.9 Å². The van der Waals surface area contributed by atoms with Crippen LogP contribution in [0.2, 0.25) is 0 Å². The third kappa shape index (κ3) is 4.31. The second-order valence-corrected chi connectivity index (χ2v) is 3.74. The van der Waals surface area contributed by atoms with Crippen molar-refractivity contribution in [2.24, 2.45) is 0 Å². The first-order valence-corrected chi connectivity index (χ1v) is 5.25. The van der Waals surface area contributed by atoms with E-state index in [0.29, 0.717) is 0 Å². The fraction of sp³-hybridized carbons (Fsp3) is 0.818. The molecule has 1 unspecified atom stereocenters. The van der Waals surface area contributed by atoms with E-state index in [4.69, 9.17) is 6.42 Å². The molecule has 0 bridgehead atoms. The maximum absolute atomic E-state index is 5.27. The Balaban J connectivity index is 2.02. The van der Waals surface area contributed by atoms with Gasteiger partial charge in [0.1, 0.15) is 0 Å². The summed E-state index contributed by atoms with van der Waals surface area (Å²) in [5.41, 5.74) is 0. The minimum Gasteiger partial charge on any atom is -0.303 e. The number of nitrogens with zero attached hydrogens (tertiary/aromatic N) is 1. The molecule has 74 valence electrons. The highest BCUT2D eigenvalue weighted by Gasteiger charge is 2.08. The third-order valence-corrected chi connectivity index (χ3v) is 2.58. The molecule has 0 saturated carbocycles. The zero-order valence-corrected chi connectivity index (χ0v) is 8.55. The second-order valence-electron chi connectivity index (χ2n) is 3.74. The summed E-state index contributed by atoms with van der Waals surface area (Å²) in [4.78, 5) is 2.51. The van der Waals surface area contributed by atoms with E-state index in [1.165, 1.54) is 32.4 Å². The molecule has 1 atom stereocenters. The molecule has 0 aromatic carbocycles. The van der Waals surface area contributed by atoms with Gasteiger partial charge in [-0.15, -0.1) is 6.42 Å². The number of hydrogen-bond donors (Lipinski definition) is 1. The average molecular weight is 180 g/mol. The molecule has 1 aliphatic heterocycles. The molecule has 1 fully saturated rings. The van der Waals surface area contributed by atoms with Crippen LogP contribution in [0.1, 0.15) is 26.2 Å². The lowest BCUT2D eigenvalue weighted by atomic mass is 10.1. The van der Waals surface area contributed by atoms with Crippen LogP contribution in [0.3, 0.4) is 0 Å². The van der Waals surface area contributed by atoms with Crippen molar-refractivity contribution in [2.45, 2.75) is 32.2 Å². The van der Waals surface area contributed by atoms with Gasteiger partial charge in [0.25, 0.3) is 0 Å². The maximum atomic E-state index is 5.27. The highest BCUT2D eigenvalue weighted by molar-refractivity contribution is 4.95. The van der Waals surface area contributed by atoms with Crippen molar-refractivity contribution in [1.82, 2.24) is 10.2 Å². The van der Waals surface area contributed by atoms with Gasteiger partial charge in [0, 0.05) is 13.1 Å². The van der Waals surface area contributed by atoms with Crippen LogP contribution in [0.4, 0.5) is 0 Å². The minimum absolute atomic E-state index is 0.213. The first-order chi connectivity index (χ1) is 6.33. The lowest BCUT2D eigenvalue weighted by Gasteiger charge is -2.26. The van der Waals surface area contributed by atoms with Crippen LogP contribution in [0.25, 0.3) is 0 Å². The van der Waals surface area contributed by atoms with Gasteiger partial charge in [-0.25, -0.2) is 0 Å². The van der Waals surface area contributed by atoms with Crippen molar-refractivity contribution in [3.8, 4) is 12.3 Å². The molecule has 1 heterocycles. The van der Waals surface area contributed by atoms with Crippen molar-refractivity contribution in [2.75, 3.05) is 26.2 Å². The van der Waals surface area contributed by atoms with Crippen LogP contribution < -0.4 is 5.32 Å². The molecule has 0 radical (unpaired) electrons. The Morgan fingerprint density at radius 3 is 2.69 bits per heavy atom. The quantitative estimate of drug-likeness (QED) is 0.651. The zero-order valence-electron chi connectivity index (χ0n) is 8.55. The van der Waals surface area contributed by atoms with Crippen LogP contribution in [0, 0.1) is 12.3 Å². The topological polar surface area (TPSA) is 15.3 Å². The van der Waals surface area contributed by atoms with Gasteiger partial charge in [-0.3, -0.25) is 0 Å². The first kappa shape index (κ1) is 10.6. The summed E-state index contributed by atoms with van der Waals surface area (Å²) >= 11 is 0. The summed E-state index contributed by atoms with van der Waals surface area (Å²) in [6.07, 6.45) is 9.40. The Morgan fingerprint density at radius 1 is 1.38 bits per heavy atom. The van der Waals surface area contributed by atoms with Gasteiger partial charge >= 0.3 is 0 Å². The summed E-state index contributed by atoms with van der Waals surface area (Å²) < 4.78 is 0. The Hall–Kier alpha value is -0.520. The molecule has 1 aliphatic rings. The molecule has 13 heavy (non-hydrogen) atoms. The minimum atomic E-state index is 0.213. The zero-order chi connectivity index (χ0) is 9.52. The Labute approximate surface area is 81.7 Å². The van der Waals surface area contributed by atoms with E-state index in [-0.39, 0.29) is 6.04 Å². The number of piperidine rings is 1. The first-order valence-electron chi connectivity index (χ1n) is 5.25. The molecule has 0 amide bonds. The number of terminal acetylenes is 1. The van der Waals surface area contributed by atoms with Gasteiger partial charge in [0.05, 0.1) is 6.04 Å². The van der Waals surface area contributed by atoms with E-state index in [2.05, 4.69) is 16.1 Å². The maximum Gasteiger partial charge on any atom is 0.0658 e. The molecule has 1 N–H and O–H groups in total. The molecule has 0 spiro atoms. The summed E-state index contributed by atoms with van der Waals surface area (Å²) in [6.45, 7) is 6.73. The number of rotatable bonds is 4. The van der Waals surface area contributed by atoms with Gasteiger partial charge < -0.3 is 10.2 Å². The lowest BCUT2D eigenvalue weighted by Crippen LogP contribution is -2.38. The molecular weight excluding hydrogens is 160 g/mol. The van der Waals surface area contributed by atoms with Crippen molar-refractivity contribution >= 4 is 0 Å². The van der Waals surface area contributed by atoms with Gasteiger partial charge in [0.15, 0.2) is 0 Å². The van der Waals surface area contributed by atoms with Crippen LogP contribution >= 0.6 is 0 Å². The lowest BCUT2D eigenvalue weighted by molar-refractivity contribution is 0.228. The van der Waals surface area contributed by atoms with E-state index < -0.39 is 0 Å². The Morgan fingerprint density at radius 2 is 2.08 bits per heavy atom. The predicted molar refractivity (Wildman–Crippen MR) is 56.6 cm³/mol. The largest absolute Gasteiger partial charge is 0.303 e. The number of likely N-dealkylation sites (tertiary alicyclic amines) is 1. The van der Waals surface area contributed by atoms with Crippen molar-refractivity contribution in [1.29, 1.82) is 0 Å². The third-order valence-electron chi connectivity index (χ3n) is 2.58. The summed E-state index contributed by atoms with van der Waals surface area (Å²) in [5, 5.41) is 3.30. The molecule has 2 heteroatoms. The molecule has 0 aromatic rings. The monoisotopic (exact) mass is 180 g/mol. The summed E-state index contributed by atoms with van der Waals surface area (Å²) in [7, 11) is 0. The van der Waals surface area contributed by atoms with E-state index in [1.807, 2.05) is 6.92 Å². The van der Waals surface area contributed by atoms with E-state index >= 15 is 0 Å². The highest BCUT2D eigenvalue weighted by Crippen LogP contribution is 2.07.